The molecule has 1 rings (SSSR count). The molecule has 0 saturated carbocycles. The van der Waals surface area contributed by atoms with Crippen LogP contribution < -0.4 is 0 Å². The largest absolute Gasteiger partial charge is 0.504 e. The number of phenolic OH excluding ortho intramolecular Hbond substituents is 2. The zero-order valence-corrected chi connectivity index (χ0v) is 12.3. The fourth-order valence-corrected chi connectivity index (χ4v) is 2.00. The van der Waals surface area contributed by atoms with Crippen LogP contribution in [0.2, 0.25) is 0 Å². The highest BCUT2D eigenvalue weighted by Gasteiger charge is 2.40. The van der Waals surface area contributed by atoms with Crippen molar-refractivity contribution >= 4 is 11.9 Å². The molecule has 21 heavy (non-hydrogen) atoms. The van der Waals surface area contributed by atoms with Crippen LogP contribution in [0.1, 0.15) is 12.5 Å². The Hall–Kier alpha value is -2.50. The Balaban J connectivity index is 3.19. The minimum Gasteiger partial charge on any atom is -0.504 e. The van der Waals surface area contributed by atoms with Crippen molar-refractivity contribution in [1.29, 1.82) is 0 Å². The standard InChI is InChI=1S/C15H19NO5/c1-5-13(19)16(3)15(2,14(20)21-4)9-10-6-7-11(17)12(18)8-10/h5-8,17-18H,1,9H2,2-4H3. The van der Waals surface area contributed by atoms with Gasteiger partial charge < -0.3 is 19.8 Å². The summed E-state index contributed by atoms with van der Waals surface area (Å²) in [6, 6.07) is 4.21. The Morgan fingerprint density at radius 2 is 2.00 bits per heavy atom. The molecular formula is C15H19NO5. The summed E-state index contributed by atoms with van der Waals surface area (Å²) in [7, 11) is 2.71. The maximum absolute atomic E-state index is 12.1. The summed E-state index contributed by atoms with van der Waals surface area (Å²) >= 11 is 0. The van der Waals surface area contributed by atoms with Gasteiger partial charge in [-0.15, -0.1) is 0 Å². The third-order valence-corrected chi connectivity index (χ3v) is 3.46. The first-order chi connectivity index (χ1) is 9.76. The van der Waals surface area contributed by atoms with Crippen molar-refractivity contribution < 1.29 is 24.5 Å². The number of phenols is 2. The van der Waals surface area contributed by atoms with E-state index in [-0.39, 0.29) is 17.9 Å². The van der Waals surface area contributed by atoms with E-state index in [0.29, 0.717) is 5.56 Å². The van der Waals surface area contributed by atoms with Crippen molar-refractivity contribution in [3.63, 3.8) is 0 Å². The van der Waals surface area contributed by atoms with Gasteiger partial charge >= 0.3 is 5.97 Å². The molecule has 0 heterocycles. The van der Waals surface area contributed by atoms with Crippen LogP contribution in [0.4, 0.5) is 0 Å². The SMILES string of the molecule is C=CC(=O)N(C)C(C)(Cc1ccc(O)c(O)c1)C(=O)OC. The highest BCUT2D eigenvalue weighted by molar-refractivity contribution is 5.93. The van der Waals surface area contributed by atoms with Gasteiger partial charge in [-0.2, -0.15) is 0 Å². The Kier molecular flexibility index (Phi) is 4.97. The Morgan fingerprint density at radius 3 is 2.48 bits per heavy atom. The van der Waals surface area contributed by atoms with E-state index in [0.717, 1.165) is 6.08 Å². The van der Waals surface area contributed by atoms with Crippen molar-refractivity contribution in [2.45, 2.75) is 18.9 Å². The molecule has 0 aromatic heterocycles. The number of likely N-dealkylation sites (N-methyl/N-ethyl adjacent to an activating group) is 1. The molecule has 6 nitrogen and oxygen atoms in total. The number of benzene rings is 1. The van der Waals surface area contributed by atoms with Gasteiger partial charge in [-0.25, -0.2) is 4.79 Å². The quantitative estimate of drug-likeness (QED) is 0.484. The summed E-state index contributed by atoms with van der Waals surface area (Å²) in [5.74, 6) is -1.56. The molecule has 1 aromatic carbocycles. The van der Waals surface area contributed by atoms with E-state index in [4.69, 9.17) is 4.74 Å². The first kappa shape index (κ1) is 16.6. The average molecular weight is 293 g/mol. The molecular weight excluding hydrogens is 274 g/mol. The average Bonchev–Trinajstić information content (AvgIpc) is 2.48. The van der Waals surface area contributed by atoms with E-state index in [1.54, 1.807) is 13.0 Å². The van der Waals surface area contributed by atoms with Crippen molar-refractivity contribution in [1.82, 2.24) is 4.90 Å². The van der Waals surface area contributed by atoms with Gasteiger partial charge in [0.2, 0.25) is 5.91 Å². The lowest BCUT2D eigenvalue weighted by Gasteiger charge is -2.35. The maximum Gasteiger partial charge on any atom is 0.331 e. The first-order valence-electron chi connectivity index (χ1n) is 6.25. The van der Waals surface area contributed by atoms with Crippen molar-refractivity contribution in [3.8, 4) is 11.5 Å². The van der Waals surface area contributed by atoms with E-state index in [1.807, 2.05) is 0 Å². The second-order valence-electron chi connectivity index (χ2n) is 4.87. The van der Waals surface area contributed by atoms with Gasteiger partial charge in [0.05, 0.1) is 7.11 Å². The molecule has 0 saturated heterocycles. The molecule has 0 fully saturated rings. The van der Waals surface area contributed by atoms with Gasteiger partial charge in [0.1, 0.15) is 5.54 Å². The lowest BCUT2D eigenvalue weighted by Crippen LogP contribution is -2.54. The number of esters is 1. The maximum atomic E-state index is 12.1. The summed E-state index contributed by atoms with van der Waals surface area (Å²) in [4.78, 5) is 25.1. The van der Waals surface area contributed by atoms with Crippen LogP contribution in [0.3, 0.4) is 0 Å². The number of hydrogen-bond acceptors (Lipinski definition) is 5. The molecule has 0 aliphatic heterocycles. The highest BCUT2D eigenvalue weighted by Crippen LogP contribution is 2.29. The van der Waals surface area contributed by atoms with Crippen LogP contribution in [0, 0.1) is 0 Å². The Bertz CT molecular complexity index is 569. The molecule has 1 atom stereocenters. The zero-order valence-electron chi connectivity index (χ0n) is 12.3. The number of aromatic hydroxyl groups is 2. The van der Waals surface area contributed by atoms with Crippen LogP contribution in [-0.4, -0.2) is 46.7 Å². The summed E-state index contributed by atoms with van der Waals surface area (Å²) in [5, 5.41) is 18.8. The fourth-order valence-electron chi connectivity index (χ4n) is 2.00. The molecule has 0 aliphatic carbocycles. The second-order valence-corrected chi connectivity index (χ2v) is 4.87. The molecule has 1 aromatic rings. The predicted molar refractivity (Wildman–Crippen MR) is 76.9 cm³/mol. The molecule has 0 spiro atoms. The normalized spacial score (nSPS) is 13.1. The number of rotatable bonds is 5. The molecule has 0 bridgehead atoms. The first-order valence-corrected chi connectivity index (χ1v) is 6.25. The lowest BCUT2D eigenvalue weighted by atomic mass is 9.90. The number of carbonyl (C=O) groups excluding carboxylic acids is 2. The third-order valence-electron chi connectivity index (χ3n) is 3.46. The van der Waals surface area contributed by atoms with Gasteiger partial charge in [-0.3, -0.25) is 4.79 Å². The van der Waals surface area contributed by atoms with Crippen molar-refractivity contribution in [2.24, 2.45) is 0 Å². The molecule has 2 N–H and O–H groups in total. The van der Waals surface area contributed by atoms with Crippen molar-refractivity contribution in [3.05, 3.63) is 36.4 Å². The van der Waals surface area contributed by atoms with Gasteiger partial charge in [-0.05, 0) is 30.7 Å². The van der Waals surface area contributed by atoms with Crippen LogP contribution in [0.5, 0.6) is 11.5 Å². The topological polar surface area (TPSA) is 87.1 Å². The molecule has 1 amide bonds. The summed E-state index contributed by atoms with van der Waals surface area (Å²) < 4.78 is 4.78. The van der Waals surface area contributed by atoms with Crippen LogP contribution >= 0.6 is 0 Å². The monoisotopic (exact) mass is 293 g/mol. The lowest BCUT2D eigenvalue weighted by molar-refractivity contribution is -0.157. The van der Waals surface area contributed by atoms with Gasteiger partial charge in [0, 0.05) is 13.5 Å². The summed E-state index contributed by atoms with van der Waals surface area (Å²) in [6.45, 7) is 4.96. The summed E-state index contributed by atoms with van der Waals surface area (Å²) in [5.41, 5.74) is -0.689. The molecule has 0 aliphatic rings. The fraction of sp³-hybridized carbons (Fsp3) is 0.333. The Labute approximate surface area is 123 Å². The van der Waals surface area contributed by atoms with E-state index >= 15 is 0 Å². The van der Waals surface area contributed by atoms with Crippen LogP contribution in [-0.2, 0) is 20.7 Å². The van der Waals surface area contributed by atoms with Gasteiger partial charge in [0.25, 0.3) is 0 Å². The molecule has 114 valence electrons. The number of hydrogen-bond donors (Lipinski definition) is 2. The minimum atomic E-state index is -1.26. The summed E-state index contributed by atoms with van der Waals surface area (Å²) in [6.07, 6.45) is 1.22. The smallest absolute Gasteiger partial charge is 0.331 e. The number of nitrogens with zero attached hydrogens (tertiary/aromatic N) is 1. The third kappa shape index (κ3) is 3.34. The van der Waals surface area contributed by atoms with E-state index in [2.05, 4.69) is 6.58 Å². The molecule has 6 heteroatoms. The van der Waals surface area contributed by atoms with E-state index < -0.39 is 17.4 Å². The van der Waals surface area contributed by atoms with Crippen LogP contribution in [0.15, 0.2) is 30.9 Å². The number of carbonyl (C=O) groups is 2. The minimum absolute atomic E-state index is 0.115. The zero-order chi connectivity index (χ0) is 16.2. The van der Waals surface area contributed by atoms with Crippen LogP contribution in [0.25, 0.3) is 0 Å². The van der Waals surface area contributed by atoms with E-state index in [1.165, 1.54) is 31.2 Å². The van der Waals surface area contributed by atoms with Gasteiger partial charge in [0.15, 0.2) is 11.5 Å². The molecule has 0 radical (unpaired) electrons. The number of amides is 1. The highest BCUT2D eigenvalue weighted by atomic mass is 16.5. The number of methoxy groups -OCH3 is 1. The van der Waals surface area contributed by atoms with E-state index in [9.17, 15) is 19.8 Å². The Morgan fingerprint density at radius 1 is 1.38 bits per heavy atom. The van der Waals surface area contributed by atoms with Crippen molar-refractivity contribution in [2.75, 3.05) is 14.2 Å². The second kappa shape index (κ2) is 6.30. The predicted octanol–water partition coefficient (Wildman–Crippen LogP) is 1.22. The van der Waals surface area contributed by atoms with Gasteiger partial charge in [-0.1, -0.05) is 12.6 Å². The number of ether oxygens (including phenoxy) is 1. The molecule has 1 unspecified atom stereocenters.